The molecule has 1 saturated carbocycles. The van der Waals surface area contributed by atoms with Crippen LogP contribution in [0.4, 0.5) is 4.39 Å². The molecule has 0 bridgehead atoms. The van der Waals surface area contributed by atoms with Gasteiger partial charge in [-0.25, -0.2) is 4.39 Å². The van der Waals surface area contributed by atoms with E-state index in [2.05, 4.69) is 4.90 Å². The van der Waals surface area contributed by atoms with Crippen LogP contribution in [0.25, 0.3) is 0 Å². The Labute approximate surface area is 137 Å². The summed E-state index contributed by atoms with van der Waals surface area (Å²) in [5.41, 5.74) is 1.17. The van der Waals surface area contributed by atoms with Gasteiger partial charge in [0, 0.05) is 25.7 Å². The molecule has 0 N–H and O–H groups in total. The summed E-state index contributed by atoms with van der Waals surface area (Å²) in [5.74, 6) is 0.921. The normalized spacial score (nSPS) is 28.0. The van der Waals surface area contributed by atoms with Crippen LogP contribution in [0, 0.1) is 24.6 Å². The minimum Gasteiger partial charge on any atom is -0.337 e. The summed E-state index contributed by atoms with van der Waals surface area (Å²) >= 11 is 0. The highest BCUT2D eigenvalue weighted by molar-refractivity contribution is 5.95. The van der Waals surface area contributed by atoms with Gasteiger partial charge in [-0.2, -0.15) is 0 Å². The smallest absolute Gasteiger partial charge is 0.256 e. The van der Waals surface area contributed by atoms with Gasteiger partial charge in [-0.05, 0) is 63.1 Å². The molecule has 4 heteroatoms. The molecule has 4 rings (SSSR count). The molecule has 2 unspecified atom stereocenters. The van der Waals surface area contributed by atoms with Crippen molar-refractivity contribution >= 4 is 5.91 Å². The average molecular weight is 316 g/mol. The van der Waals surface area contributed by atoms with Crippen LogP contribution in [0.15, 0.2) is 18.2 Å². The van der Waals surface area contributed by atoms with Crippen molar-refractivity contribution in [3.63, 3.8) is 0 Å². The van der Waals surface area contributed by atoms with Gasteiger partial charge >= 0.3 is 0 Å². The minimum absolute atomic E-state index is 0.132. The van der Waals surface area contributed by atoms with E-state index in [9.17, 15) is 9.18 Å². The number of aryl methyl sites for hydroxylation is 1. The van der Waals surface area contributed by atoms with Gasteiger partial charge in [-0.15, -0.1) is 0 Å². The second-order valence-electron chi connectivity index (χ2n) is 7.60. The first-order chi connectivity index (χ1) is 11.1. The number of rotatable bonds is 3. The number of hydrogen-bond donors (Lipinski definition) is 0. The molecule has 0 aromatic heterocycles. The lowest BCUT2D eigenvalue weighted by Crippen LogP contribution is -2.46. The first-order valence-electron chi connectivity index (χ1n) is 8.91. The second-order valence-corrected chi connectivity index (χ2v) is 7.60. The van der Waals surface area contributed by atoms with Gasteiger partial charge in [-0.1, -0.05) is 11.6 Å². The molecule has 2 aliphatic heterocycles. The highest BCUT2D eigenvalue weighted by Gasteiger charge is 2.42. The topological polar surface area (TPSA) is 23.6 Å². The third kappa shape index (κ3) is 3.01. The van der Waals surface area contributed by atoms with E-state index in [-0.39, 0.29) is 11.5 Å². The van der Waals surface area contributed by atoms with E-state index in [4.69, 9.17) is 0 Å². The fourth-order valence-electron chi connectivity index (χ4n) is 4.27. The Kier molecular flexibility index (Phi) is 3.88. The van der Waals surface area contributed by atoms with Crippen molar-refractivity contribution in [3.8, 4) is 0 Å². The van der Waals surface area contributed by atoms with Gasteiger partial charge in [0.05, 0.1) is 5.56 Å². The Morgan fingerprint density at radius 3 is 2.87 bits per heavy atom. The lowest BCUT2D eigenvalue weighted by Gasteiger charge is -2.36. The summed E-state index contributed by atoms with van der Waals surface area (Å²) in [7, 11) is 0. The summed E-state index contributed by atoms with van der Waals surface area (Å²) in [6, 6.07) is 5.29. The Morgan fingerprint density at radius 2 is 2.09 bits per heavy atom. The van der Waals surface area contributed by atoms with E-state index in [1.54, 1.807) is 12.1 Å². The van der Waals surface area contributed by atoms with Crippen molar-refractivity contribution in [2.75, 3.05) is 26.2 Å². The summed E-state index contributed by atoms with van der Waals surface area (Å²) in [4.78, 5) is 17.3. The van der Waals surface area contributed by atoms with Crippen molar-refractivity contribution in [1.29, 1.82) is 0 Å². The van der Waals surface area contributed by atoms with Gasteiger partial charge in [0.15, 0.2) is 0 Å². The third-order valence-corrected chi connectivity index (χ3v) is 5.72. The maximum absolute atomic E-state index is 14.0. The molecular weight excluding hydrogens is 291 g/mol. The van der Waals surface area contributed by atoms with Crippen LogP contribution in [-0.2, 0) is 0 Å². The largest absolute Gasteiger partial charge is 0.337 e. The first kappa shape index (κ1) is 15.1. The fourth-order valence-corrected chi connectivity index (χ4v) is 4.27. The molecule has 23 heavy (non-hydrogen) atoms. The molecule has 0 spiro atoms. The quantitative estimate of drug-likeness (QED) is 0.855. The van der Waals surface area contributed by atoms with Crippen molar-refractivity contribution < 1.29 is 9.18 Å². The Balaban J connectivity index is 1.50. The number of fused-ring (bicyclic) bond motifs is 1. The summed E-state index contributed by atoms with van der Waals surface area (Å²) in [5, 5.41) is 0. The van der Waals surface area contributed by atoms with Crippen LogP contribution in [0.5, 0.6) is 0 Å². The minimum atomic E-state index is -0.398. The van der Waals surface area contributed by atoms with E-state index >= 15 is 0 Å². The summed E-state index contributed by atoms with van der Waals surface area (Å²) in [6.07, 6.45) is 5.16. The maximum atomic E-state index is 14.0. The number of amides is 1. The lowest BCUT2D eigenvalue weighted by atomic mass is 9.92. The van der Waals surface area contributed by atoms with Gasteiger partial charge in [-0.3, -0.25) is 9.69 Å². The van der Waals surface area contributed by atoms with Crippen LogP contribution in [0.1, 0.15) is 41.6 Å². The zero-order chi connectivity index (χ0) is 16.0. The number of nitrogens with zero attached hydrogens (tertiary/aromatic N) is 2. The van der Waals surface area contributed by atoms with Crippen molar-refractivity contribution in [2.45, 2.75) is 38.6 Å². The molecule has 1 amide bonds. The number of piperidine rings is 1. The lowest BCUT2D eigenvalue weighted by molar-refractivity contribution is 0.0770. The molecule has 2 atom stereocenters. The monoisotopic (exact) mass is 316 g/mol. The number of hydrogen-bond acceptors (Lipinski definition) is 2. The van der Waals surface area contributed by atoms with Crippen LogP contribution in [0.3, 0.4) is 0 Å². The van der Waals surface area contributed by atoms with Crippen LogP contribution >= 0.6 is 0 Å². The van der Waals surface area contributed by atoms with Crippen molar-refractivity contribution in [1.82, 2.24) is 9.80 Å². The number of carbonyl (C=O) groups is 1. The van der Waals surface area contributed by atoms with Gasteiger partial charge < -0.3 is 4.90 Å². The molecule has 124 valence electrons. The van der Waals surface area contributed by atoms with E-state index < -0.39 is 5.82 Å². The van der Waals surface area contributed by atoms with E-state index in [1.807, 2.05) is 11.8 Å². The molecule has 2 heterocycles. The zero-order valence-electron chi connectivity index (χ0n) is 13.8. The summed E-state index contributed by atoms with van der Waals surface area (Å²) in [6.45, 7) is 5.82. The number of likely N-dealkylation sites (tertiary alicyclic amines) is 2. The first-order valence-corrected chi connectivity index (χ1v) is 8.91. The molecule has 2 saturated heterocycles. The highest BCUT2D eigenvalue weighted by Crippen LogP contribution is 2.36. The van der Waals surface area contributed by atoms with Crippen molar-refractivity contribution in [2.24, 2.45) is 11.8 Å². The van der Waals surface area contributed by atoms with Gasteiger partial charge in [0.25, 0.3) is 5.91 Å². The third-order valence-electron chi connectivity index (χ3n) is 5.72. The molecule has 3 fully saturated rings. The predicted octanol–water partition coefficient (Wildman–Crippen LogP) is 3.08. The van der Waals surface area contributed by atoms with Crippen LogP contribution in [-0.4, -0.2) is 47.9 Å². The Hall–Kier alpha value is -1.42. The van der Waals surface area contributed by atoms with Gasteiger partial charge in [0.1, 0.15) is 5.82 Å². The predicted molar refractivity (Wildman–Crippen MR) is 87.8 cm³/mol. The molecule has 3 aliphatic rings. The number of carbonyl (C=O) groups excluding carboxylic acids is 1. The molecular formula is C19H25FN2O. The molecule has 1 aromatic rings. The SMILES string of the molecule is Cc1ccc(F)c(C(=O)N2CC3CCCN(CC4CC4)C3C2)c1. The fraction of sp³-hybridized carbons (Fsp3) is 0.632. The molecule has 1 aromatic carbocycles. The van der Waals surface area contributed by atoms with E-state index in [0.29, 0.717) is 12.0 Å². The Morgan fingerprint density at radius 1 is 1.26 bits per heavy atom. The summed E-state index contributed by atoms with van der Waals surface area (Å²) < 4.78 is 14.0. The number of halogens is 1. The van der Waals surface area contributed by atoms with E-state index in [1.165, 1.54) is 44.8 Å². The maximum Gasteiger partial charge on any atom is 0.256 e. The zero-order valence-corrected chi connectivity index (χ0v) is 13.8. The number of benzene rings is 1. The van der Waals surface area contributed by atoms with Crippen molar-refractivity contribution in [3.05, 3.63) is 35.1 Å². The standard InChI is InChI=1S/C19H25FN2O/c1-13-4-7-17(20)16(9-13)19(23)22-11-15-3-2-8-21(18(15)12-22)10-14-5-6-14/h4,7,9,14-15,18H,2-3,5-6,8,10-12H2,1H3. The molecule has 3 nitrogen and oxygen atoms in total. The molecule has 0 radical (unpaired) electrons. The van der Waals surface area contributed by atoms with Crippen LogP contribution in [0.2, 0.25) is 0 Å². The van der Waals surface area contributed by atoms with E-state index in [0.717, 1.165) is 24.6 Å². The average Bonchev–Trinajstić information content (AvgIpc) is 3.24. The molecule has 1 aliphatic carbocycles. The highest BCUT2D eigenvalue weighted by atomic mass is 19.1. The van der Waals surface area contributed by atoms with Crippen LogP contribution < -0.4 is 0 Å². The Bertz CT molecular complexity index is 613. The van der Waals surface area contributed by atoms with Gasteiger partial charge in [0.2, 0.25) is 0 Å². The second kappa shape index (κ2) is 5.90.